The zero-order valence-electron chi connectivity index (χ0n) is 54.6. The summed E-state index contributed by atoms with van der Waals surface area (Å²) in [5.74, 6) is -0.00929. The van der Waals surface area contributed by atoms with Crippen LogP contribution in [0.4, 0.5) is 0 Å². The molecule has 0 aromatic carbocycles. The Morgan fingerprint density at radius 2 is 0.588 bits per heavy atom. The Kier molecular flexibility index (Phi) is 68.9. The van der Waals surface area contributed by atoms with E-state index in [1.807, 2.05) is 0 Å². The molecule has 476 valence electrons. The molecule has 0 aliphatic rings. The van der Waals surface area contributed by atoms with Gasteiger partial charge in [0.25, 0.3) is 0 Å². The molecule has 0 aromatic rings. The number of amides is 1. The van der Waals surface area contributed by atoms with Gasteiger partial charge in [0.1, 0.15) is 0 Å². The summed E-state index contributed by atoms with van der Waals surface area (Å²) in [6, 6.07) is -0.538. The molecule has 0 aliphatic carbocycles. The number of unbranched alkanes of at least 4 members (excludes halogenated alkanes) is 57. The topological polar surface area (TPSA) is 95.9 Å². The lowest BCUT2D eigenvalue weighted by Crippen LogP contribution is -2.45. The quantitative estimate of drug-likeness (QED) is 0.0320. The molecular formula is C74H145NO5. The second-order valence-corrected chi connectivity index (χ2v) is 25.6. The highest BCUT2D eigenvalue weighted by molar-refractivity contribution is 5.76. The first kappa shape index (κ1) is 78.6. The Morgan fingerprint density at radius 3 is 0.887 bits per heavy atom. The maximum atomic E-state index is 12.5. The SMILES string of the molecule is CCCCCCCC/C=C\CCCCCCCCCC(=O)OCCCCCCCCCCCCCCCCCCCCCCCCCCCCCCCCC(=O)NC(CO)C(O)CCCCCCCCCCCCCCCCCC. The first-order chi connectivity index (χ1) is 39.5. The van der Waals surface area contributed by atoms with Gasteiger partial charge in [0, 0.05) is 12.8 Å². The number of aliphatic hydroxyl groups is 2. The van der Waals surface area contributed by atoms with Crippen LogP contribution in [-0.4, -0.2) is 47.4 Å². The summed E-state index contributed by atoms with van der Waals surface area (Å²) >= 11 is 0. The van der Waals surface area contributed by atoms with E-state index in [4.69, 9.17) is 4.74 Å². The number of esters is 1. The molecule has 0 heterocycles. The second-order valence-electron chi connectivity index (χ2n) is 25.6. The number of rotatable bonds is 70. The van der Waals surface area contributed by atoms with Gasteiger partial charge < -0.3 is 20.3 Å². The van der Waals surface area contributed by atoms with E-state index in [0.717, 1.165) is 44.9 Å². The van der Waals surface area contributed by atoms with E-state index >= 15 is 0 Å². The molecule has 0 spiro atoms. The zero-order chi connectivity index (χ0) is 57.8. The molecule has 0 saturated heterocycles. The van der Waals surface area contributed by atoms with Crippen LogP contribution in [0.25, 0.3) is 0 Å². The first-order valence-electron chi connectivity index (χ1n) is 36.9. The number of aliphatic hydroxyl groups excluding tert-OH is 2. The largest absolute Gasteiger partial charge is 0.466 e. The molecule has 1 amide bonds. The third kappa shape index (κ3) is 65.7. The van der Waals surface area contributed by atoms with Gasteiger partial charge in [-0.3, -0.25) is 9.59 Å². The van der Waals surface area contributed by atoms with E-state index in [0.29, 0.717) is 25.9 Å². The van der Waals surface area contributed by atoms with Crippen LogP contribution in [0.3, 0.4) is 0 Å². The molecule has 6 nitrogen and oxygen atoms in total. The van der Waals surface area contributed by atoms with Crippen LogP contribution in [-0.2, 0) is 14.3 Å². The van der Waals surface area contributed by atoms with Crippen LogP contribution in [0.2, 0.25) is 0 Å². The van der Waals surface area contributed by atoms with Gasteiger partial charge in [-0.05, 0) is 51.4 Å². The highest BCUT2D eigenvalue weighted by Crippen LogP contribution is 2.20. The van der Waals surface area contributed by atoms with Crippen molar-refractivity contribution in [2.75, 3.05) is 13.2 Å². The van der Waals surface area contributed by atoms with Crippen molar-refractivity contribution < 1.29 is 24.5 Å². The molecule has 0 aromatic heterocycles. The monoisotopic (exact) mass is 1130 g/mol. The number of ether oxygens (including phenoxy) is 1. The van der Waals surface area contributed by atoms with Gasteiger partial charge in [-0.15, -0.1) is 0 Å². The smallest absolute Gasteiger partial charge is 0.305 e. The molecule has 0 fully saturated rings. The van der Waals surface area contributed by atoms with E-state index in [9.17, 15) is 19.8 Å². The minimum atomic E-state index is -0.661. The van der Waals surface area contributed by atoms with Gasteiger partial charge in [0.05, 0.1) is 25.4 Å². The van der Waals surface area contributed by atoms with Gasteiger partial charge in [-0.2, -0.15) is 0 Å². The fraction of sp³-hybridized carbons (Fsp3) is 0.946. The summed E-state index contributed by atoms with van der Waals surface area (Å²) in [6.07, 6.45) is 87.1. The van der Waals surface area contributed by atoms with Crippen LogP contribution in [0.1, 0.15) is 425 Å². The molecule has 0 aliphatic heterocycles. The number of carbonyl (C=O) groups excluding carboxylic acids is 2. The number of hydrogen-bond acceptors (Lipinski definition) is 5. The summed E-state index contributed by atoms with van der Waals surface area (Å²) < 4.78 is 5.51. The van der Waals surface area contributed by atoms with Crippen molar-refractivity contribution in [3.63, 3.8) is 0 Å². The van der Waals surface area contributed by atoms with E-state index < -0.39 is 12.1 Å². The van der Waals surface area contributed by atoms with Crippen LogP contribution in [0, 0.1) is 0 Å². The van der Waals surface area contributed by atoms with Gasteiger partial charge in [-0.25, -0.2) is 0 Å². The molecule has 80 heavy (non-hydrogen) atoms. The average molecular weight is 1130 g/mol. The first-order valence-corrected chi connectivity index (χ1v) is 36.9. The van der Waals surface area contributed by atoms with Crippen molar-refractivity contribution in [2.24, 2.45) is 0 Å². The molecule has 0 rings (SSSR count). The lowest BCUT2D eigenvalue weighted by Gasteiger charge is -2.22. The molecule has 0 bridgehead atoms. The number of carbonyl (C=O) groups is 2. The van der Waals surface area contributed by atoms with Crippen molar-refractivity contribution in [3.05, 3.63) is 12.2 Å². The Bertz CT molecular complexity index is 1210. The maximum absolute atomic E-state index is 12.5. The number of allylic oxidation sites excluding steroid dienone is 2. The van der Waals surface area contributed by atoms with Crippen LogP contribution in [0.5, 0.6) is 0 Å². The standard InChI is InChI=1S/C74H145NO5/c1-3-5-7-9-11-13-15-17-19-35-40-44-48-52-56-60-64-68-74(79)80-69-65-61-57-53-49-45-41-37-34-32-30-28-26-24-22-21-23-25-27-29-31-33-36-39-43-47-51-55-59-63-67-73(78)75-71(70-76)72(77)66-62-58-54-50-46-42-38-20-18-16-14-12-10-8-6-4-2/h17,19,71-72,76-77H,3-16,18,20-70H2,1-2H3,(H,75,78)/b19-17-. The average Bonchev–Trinajstić information content (AvgIpc) is 3.46. The van der Waals surface area contributed by atoms with E-state index in [1.165, 1.54) is 347 Å². The Balaban J connectivity index is 3.31. The highest BCUT2D eigenvalue weighted by Gasteiger charge is 2.20. The minimum Gasteiger partial charge on any atom is -0.466 e. The lowest BCUT2D eigenvalue weighted by molar-refractivity contribution is -0.143. The van der Waals surface area contributed by atoms with E-state index in [-0.39, 0.29) is 18.5 Å². The molecule has 2 atom stereocenters. The molecule has 3 N–H and O–H groups in total. The number of nitrogens with one attached hydrogen (secondary N) is 1. The Morgan fingerprint density at radius 1 is 0.338 bits per heavy atom. The van der Waals surface area contributed by atoms with Gasteiger partial charge in [0.2, 0.25) is 5.91 Å². The molecule has 2 unspecified atom stereocenters. The fourth-order valence-corrected chi connectivity index (χ4v) is 11.9. The van der Waals surface area contributed by atoms with Crippen molar-refractivity contribution in [3.8, 4) is 0 Å². The van der Waals surface area contributed by atoms with Gasteiger partial charge in [0.15, 0.2) is 0 Å². The third-order valence-electron chi connectivity index (χ3n) is 17.6. The van der Waals surface area contributed by atoms with Gasteiger partial charge in [-0.1, -0.05) is 373 Å². The van der Waals surface area contributed by atoms with Crippen LogP contribution < -0.4 is 5.32 Å². The van der Waals surface area contributed by atoms with Gasteiger partial charge >= 0.3 is 5.97 Å². The Labute approximate surface area is 501 Å². The fourth-order valence-electron chi connectivity index (χ4n) is 11.9. The molecule has 0 saturated carbocycles. The summed E-state index contributed by atoms with van der Waals surface area (Å²) in [5, 5.41) is 23.4. The second kappa shape index (κ2) is 70.1. The summed E-state index contributed by atoms with van der Waals surface area (Å²) in [6.45, 7) is 4.99. The highest BCUT2D eigenvalue weighted by atomic mass is 16.5. The van der Waals surface area contributed by atoms with E-state index in [2.05, 4.69) is 31.3 Å². The van der Waals surface area contributed by atoms with Crippen molar-refractivity contribution >= 4 is 11.9 Å². The normalized spacial score (nSPS) is 12.5. The van der Waals surface area contributed by atoms with Crippen LogP contribution in [0.15, 0.2) is 12.2 Å². The van der Waals surface area contributed by atoms with E-state index in [1.54, 1.807) is 0 Å². The summed E-state index contributed by atoms with van der Waals surface area (Å²) in [7, 11) is 0. The minimum absolute atomic E-state index is 0.0179. The summed E-state index contributed by atoms with van der Waals surface area (Å²) in [5.41, 5.74) is 0. The lowest BCUT2D eigenvalue weighted by atomic mass is 10.0. The molecule has 0 radical (unpaired) electrons. The molecular weight excluding hydrogens is 983 g/mol. The molecule has 6 heteroatoms. The van der Waals surface area contributed by atoms with Crippen molar-refractivity contribution in [2.45, 2.75) is 437 Å². The number of hydrogen-bond donors (Lipinski definition) is 3. The maximum Gasteiger partial charge on any atom is 0.305 e. The third-order valence-corrected chi connectivity index (χ3v) is 17.6. The Hall–Kier alpha value is -1.40. The van der Waals surface area contributed by atoms with Crippen molar-refractivity contribution in [1.29, 1.82) is 0 Å². The predicted octanol–water partition coefficient (Wildman–Crippen LogP) is 23.9. The zero-order valence-corrected chi connectivity index (χ0v) is 54.6. The van der Waals surface area contributed by atoms with Crippen molar-refractivity contribution in [1.82, 2.24) is 5.32 Å². The predicted molar refractivity (Wildman–Crippen MR) is 352 cm³/mol. The summed E-state index contributed by atoms with van der Waals surface area (Å²) in [4.78, 5) is 24.6. The van der Waals surface area contributed by atoms with Crippen LogP contribution >= 0.6 is 0 Å².